The first-order chi connectivity index (χ1) is 10.8. The molecular weight excluding hydrogens is 276 g/mol. The first kappa shape index (κ1) is 15.5. The van der Waals surface area contributed by atoms with E-state index in [1.165, 1.54) is 12.8 Å². The van der Waals surface area contributed by atoms with Crippen molar-refractivity contribution in [3.05, 3.63) is 24.5 Å². The van der Waals surface area contributed by atoms with Crippen molar-refractivity contribution in [2.75, 3.05) is 18.1 Å². The molecule has 4 nitrogen and oxygen atoms in total. The van der Waals surface area contributed by atoms with Gasteiger partial charge in [-0.2, -0.15) is 0 Å². The van der Waals surface area contributed by atoms with Crippen LogP contribution in [0.2, 0.25) is 0 Å². The Balaban J connectivity index is 1.71. The average Bonchev–Trinajstić information content (AvgIpc) is 3.38. The third-order valence-corrected chi connectivity index (χ3v) is 4.69. The zero-order valence-electron chi connectivity index (χ0n) is 13.4. The number of nitrogens with zero attached hydrogens (tertiary/aromatic N) is 2. The van der Waals surface area contributed by atoms with Gasteiger partial charge in [-0.1, -0.05) is 13.3 Å². The quantitative estimate of drug-likeness (QED) is 0.808. The molecule has 2 heterocycles. The van der Waals surface area contributed by atoms with Crippen LogP contribution in [0.3, 0.4) is 0 Å². The van der Waals surface area contributed by atoms with Crippen LogP contribution in [0.25, 0.3) is 0 Å². The molecule has 2 fully saturated rings. The number of amides is 1. The van der Waals surface area contributed by atoms with E-state index in [1.54, 1.807) is 6.20 Å². The van der Waals surface area contributed by atoms with E-state index in [-0.39, 0.29) is 17.9 Å². The highest BCUT2D eigenvalue weighted by atomic mass is 16.5. The van der Waals surface area contributed by atoms with Crippen LogP contribution in [0, 0.1) is 11.8 Å². The van der Waals surface area contributed by atoms with Crippen molar-refractivity contribution < 1.29 is 9.53 Å². The molecule has 1 aliphatic heterocycles. The van der Waals surface area contributed by atoms with Gasteiger partial charge in [-0.25, -0.2) is 0 Å². The van der Waals surface area contributed by atoms with Crippen molar-refractivity contribution >= 4 is 11.6 Å². The van der Waals surface area contributed by atoms with E-state index in [1.807, 2.05) is 23.2 Å². The number of rotatable bonds is 6. The number of anilines is 1. The zero-order chi connectivity index (χ0) is 15.4. The first-order valence-electron chi connectivity index (χ1n) is 8.61. The Morgan fingerprint density at radius 1 is 1.41 bits per heavy atom. The van der Waals surface area contributed by atoms with Crippen LogP contribution in [-0.2, 0) is 9.53 Å². The van der Waals surface area contributed by atoms with Gasteiger partial charge < -0.3 is 9.64 Å². The summed E-state index contributed by atoms with van der Waals surface area (Å²) in [5.41, 5.74) is 0.943. The number of aromatic nitrogens is 1. The molecule has 1 saturated carbocycles. The molecule has 1 amide bonds. The van der Waals surface area contributed by atoms with Crippen LogP contribution in [0.1, 0.15) is 45.4 Å². The summed E-state index contributed by atoms with van der Waals surface area (Å²) in [5, 5.41) is 0. The monoisotopic (exact) mass is 302 g/mol. The standard InChI is InChI=1S/C18H26N2O2/c1-2-4-17-11-15(8-10-22-17)18(21)20(13-14-6-7-14)16-5-3-9-19-12-16/h3,5,9,12,14-15,17H,2,4,6-8,10-11,13H2,1H3/t15-,17+/m0/s1. The summed E-state index contributed by atoms with van der Waals surface area (Å²) in [6.07, 6.45) is 10.2. The second-order valence-electron chi connectivity index (χ2n) is 6.61. The molecule has 22 heavy (non-hydrogen) atoms. The Morgan fingerprint density at radius 3 is 2.95 bits per heavy atom. The maximum Gasteiger partial charge on any atom is 0.230 e. The third-order valence-electron chi connectivity index (χ3n) is 4.69. The number of hydrogen-bond acceptors (Lipinski definition) is 3. The van der Waals surface area contributed by atoms with E-state index < -0.39 is 0 Å². The molecule has 0 radical (unpaired) electrons. The fraction of sp³-hybridized carbons (Fsp3) is 0.667. The van der Waals surface area contributed by atoms with Crippen LogP contribution in [0.5, 0.6) is 0 Å². The second-order valence-corrected chi connectivity index (χ2v) is 6.61. The highest BCUT2D eigenvalue weighted by molar-refractivity contribution is 5.95. The Labute approximate surface area is 132 Å². The molecule has 1 aliphatic carbocycles. The summed E-state index contributed by atoms with van der Waals surface area (Å²) < 4.78 is 5.79. The van der Waals surface area contributed by atoms with Crippen molar-refractivity contribution in [3.8, 4) is 0 Å². The Hall–Kier alpha value is -1.42. The van der Waals surface area contributed by atoms with Crippen molar-refractivity contribution in [2.24, 2.45) is 11.8 Å². The Bertz CT molecular complexity index is 485. The first-order valence-corrected chi connectivity index (χ1v) is 8.61. The summed E-state index contributed by atoms with van der Waals surface area (Å²) >= 11 is 0. The minimum atomic E-state index is 0.101. The smallest absolute Gasteiger partial charge is 0.230 e. The molecule has 0 unspecified atom stereocenters. The van der Waals surface area contributed by atoms with E-state index in [4.69, 9.17) is 4.74 Å². The maximum atomic E-state index is 13.1. The normalized spacial score (nSPS) is 25.0. The van der Waals surface area contributed by atoms with E-state index in [0.29, 0.717) is 12.5 Å². The van der Waals surface area contributed by atoms with Crippen LogP contribution in [-0.4, -0.2) is 30.1 Å². The van der Waals surface area contributed by atoms with Gasteiger partial charge in [0, 0.05) is 25.3 Å². The third kappa shape index (κ3) is 3.86. The zero-order valence-corrected chi connectivity index (χ0v) is 13.4. The highest BCUT2D eigenvalue weighted by Gasteiger charge is 2.34. The molecule has 1 aromatic rings. The summed E-state index contributed by atoms with van der Waals surface area (Å²) in [4.78, 5) is 19.2. The number of pyridine rings is 1. The average molecular weight is 302 g/mol. The van der Waals surface area contributed by atoms with Gasteiger partial charge in [0.1, 0.15) is 0 Å². The Morgan fingerprint density at radius 2 is 2.27 bits per heavy atom. The maximum absolute atomic E-state index is 13.1. The predicted molar refractivity (Wildman–Crippen MR) is 86.7 cm³/mol. The lowest BCUT2D eigenvalue weighted by Gasteiger charge is -2.33. The van der Waals surface area contributed by atoms with Crippen molar-refractivity contribution in [3.63, 3.8) is 0 Å². The lowest BCUT2D eigenvalue weighted by atomic mass is 9.92. The number of ether oxygens (including phenoxy) is 1. The number of carbonyl (C=O) groups is 1. The lowest BCUT2D eigenvalue weighted by molar-refractivity contribution is -0.127. The molecule has 1 aromatic heterocycles. The molecule has 120 valence electrons. The number of hydrogen-bond donors (Lipinski definition) is 0. The summed E-state index contributed by atoms with van der Waals surface area (Å²) in [6.45, 7) is 3.73. The highest BCUT2D eigenvalue weighted by Crippen LogP contribution is 2.33. The summed E-state index contributed by atoms with van der Waals surface area (Å²) in [5.74, 6) is 1.05. The van der Waals surface area contributed by atoms with E-state index in [9.17, 15) is 4.79 Å². The fourth-order valence-corrected chi connectivity index (χ4v) is 3.24. The topological polar surface area (TPSA) is 42.4 Å². The largest absolute Gasteiger partial charge is 0.378 e. The number of carbonyl (C=O) groups excluding carboxylic acids is 1. The van der Waals surface area contributed by atoms with Crippen LogP contribution in [0.4, 0.5) is 5.69 Å². The molecule has 0 spiro atoms. The van der Waals surface area contributed by atoms with Crippen LogP contribution >= 0.6 is 0 Å². The lowest BCUT2D eigenvalue weighted by Crippen LogP contribution is -2.41. The SMILES string of the molecule is CCC[C@@H]1C[C@@H](C(=O)N(CC2CC2)c2cccnc2)CCO1. The van der Waals surface area contributed by atoms with Gasteiger partial charge in [-0.15, -0.1) is 0 Å². The van der Waals surface area contributed by atoms with Crippen molar-refractivity contribution in [1.82, 2.24) is 4.98 Å². The van der Waals surface area contributed by atoms with Crippen molar-refractivity contribution in [1.29, 1.82) is 0 Å². The fourth-order valence-electron chi connectivity index (χ4n) is 3.24. The van der Waals surface area contributed by atoms with Gasteiger partial charge in [0.2, 0.25) is 5.91 Å². The van der Waals surface area contributed by atoms with Gasteiger partial charge in [-0.3, -0.25) is 9.78 Å². The predicted octanol–water partition coefficient (Wildman–Crippen LogP) is 3.42. The summed E-state index contributed by atoms with van der Waals surface area (Å²) in [6, 6.07) is 3.91. The molecule has 4 heteroatoms. The van der Waals surface area contributed by atoms with E-state index in [0.717, 1.165) is 37.9 Å². The van der Waals surface area contributed by atoms with Gasteiger partial charge >= 0.3 is 0 Å². The molecular formula is C18H26N2O2. The molecule has 2 aliphatic rings. The van der Waals surface area contributed by atoms with Crippen molar-refractivity contribution in [2.45, 2.75) is 51.6 Å². The molecule has 2 atom stereocenters. The summed E-state index contributed by atoms with van der Waals surface area (Å²) in [7, 11) is 0. The molecule has 1 saturated heterocycles. The van der Waals surface area contributed by atoms with Gasteiger partial charge in [-0.05, 0) is 50.2 Å². The Kier molecular flexibility index (Phi) is 5.08. The van der Waals surface area contributed by atoms with Gasteiger partial charge in [0.15, 0.2) is 0 Å². The van der Waals surface area contributed by atoms with Crippen LogP contribution in [0.15, 0.2) is 24.5 Å². The molecule has 0 bridgehead atoms. The van der Waals surface area contributed by atoms with Gasteiger partial charge in [0.25, 0.3) is 0 Å². The van der Waals surface area contributed by atoms with E-state index in [2.05, 4.69) is 11.9 Å². The van der Waals surface area contributed by atoms with E-state index >= 15 is 0 Å². The van der Waals surface area contributed by atoms with Crippen LogP contribution < -0.4 is 4.90 Å². The second kappa shape index (κ2) is 7.23. The molecule has 3 rings (SSSR count). The van der Waals surface area contributed by atoms with Gasteiger partial charge in [0.05, 0.1) is 18.0 Å². The molecule has 0 aromatic carbocycles. The minimum absolute atomic E-state index is 0.101. The molecule has 0 N–H and O–H groups in total. The minimum Gasteiger partial charge on any atom is -0.378 e.